The standard InChI is InChI=1S/C15H16N2O4.C2H6/c1-5-6-21-13(9-20-4)11(3)7-10(2)8-12-14(18)17-15(19)16-12;1-2/h1,7-9H,2,6H2,3-4H3,(H2,16,17,18,19);1-2H3/b11-7-,12-8+,13-9-;. The molecular weight excluding hydrogens is 296 g/mol. The number of methoxy groups -OCH3 is 1. The molecule has 1 heterocycles. The Hall–Kier alpha value is -2.94. The number of allylic oxidation sites excluding steroid dienone is 4. The van der Waals surface area contributed by atoms with E-state index >= 15 is 0 Å². The second-order valence-electron chi connectivity index (χ2n) is 4.08. The molecule has 6 heteroatoms. The summed E-state index contributed by atoms with van der Waals surface area (Å²) < 4.78 is 10.2. The number of terminal acetylenes is 1. The van der Waals surface area contributed by atoms with Crippen LogP contribution in [0, 0.1) is 12.3 Å². The largest absolute Gasteiger partial charge is 0.500 e. The summed E-state index contributed by atoms with van der Waals surface area (Å²) in [6.07, 6.45) is 9.67. The predicted molar refractivity (Wildman–Crippen MR) is 88.9 cm³/mol. The van der Waals surface area contributed by atoms with E-state index in [1.807, 2.05) is 13.8 Å². The molecule has 1 rings (SSSR count). The Morgan fingerprint density at radius 3 is 2.48 bits per heavy atom. The highest BCUT2D eigenvalue weighted by molar-refractivity contribution is 6.11. The number of imide groups is 1. The third kappa shape index (κ3) is 7.05. The van der Waals surface area contributed by atoms with Crippen LogP contribution in [0.4, 0.5) is 4.79 Å². The minimum Gasteiger partial charge on any atom is -0.500 e. The van der Waals surface area contributed by atoms with Crippen LogP contribution < -0.4 is 10.6 Å². The number of hydrogen-bond donors (Lipinski definition) is 2. The second kappa shape index (κ2) is 10.7. The number of carbonyl (C=O) groups excluding carboxylic acids is 2. The molecule has 0 aromatic carbocycles. The summed E-state index contributed by atoms with van der Waals surface area (Å²) in [4.78, 5) is 22.4. The summed E-state index contributed by atoms with van der Waals surface area (Å²) in [5, 5.41) is 4.47. The Labute approximate surface area is 136 Å². The Kier molecular flexibility index (Phi) is 9.37. The maximum atomic E-state index is 11.4. The molecule has 0 spiro atoms. The van der Waals surface area contributed by atoms with E-state index < -0.39 is 11.9 Å². The van der Waals surface area contributed by atoms with E-state index in [0.29, 0.717) is 16.9 Å². The van der Waals surface area contributed by atoms with E-state index in [1.54, 1.807) is 13.0 Å². The molecule has 0 saturated carbocycles. The molecular formula is C17H22N2O4. The molecule has 0 aromatic rings. The van der Waals surface area contributed by atoms with Gasteiger partial charge in [0.1, 0.15) is 18.6 Å². The minimum atomic E-state index is -0.558. The molecule has 124 valence electrons. The molecule has 0 atom stereocenters. The highest BCUT2D eigenvalue weighted by Gasteiger charge is 2.22. The lowest BCUT2D eigenvalue weighted by molar-refractivity contribution is -0.115. The van der Waals surface area contributed by atoms with Crippen molar-refractivity contribution in [1.82, 2.24) is 10.6 Å². The number of ether oxygens (including phenoxy) is 2. The molecule has 1 fully saturated rings. The Balaban J connectivity index is 0.00000232. The summed E-state index contributed by atoms with van der Waals surface area (Å²) in [5.41, 5.74) is 1.35. The summed E-state index contributed by atoms with van der Waals surface area (Å²) in [5.74, 6) is 2.31. The third-order valence-corrected chi connectivity index (χ3v) is 2.38. The van der Waals surface area contributed by atoms with Crippen molar-refractivity contribution >= 4 is 11.9 Å². The molecule has 6 nitrogen and oxygen atoms in total. The molecule has 1 aliphatic heterocycles. The zero-order valence-corrected chi connectivity index (χ0v) is 13.9. The number of amides is 3. The maximum absolute atomic E-state index is 11.4. The monoisotopic (exact) mass is 318 g/mol. The molecule has 0 unspecified atom stereocenters. The first-order chi connectivity index (χ1) is 11.0. The van der Waals surface area contributed by atoms with E-state index in [1.165, 1.54) is 19.4 Å². The summed E-state index contributed by atoms with van der Waals surface area (Å²) in [6.45, 7) is 9.67. The van der Waals surface area contributed by atoms with Gasteiger partial charge in [-0.1, -0.05) is 26.3 Å². The first-order valence-electron chi connectivity index (χ1n) is 6.98. The average molecular weight is 318 g/mol. The summed E-state index contributed by atoms with van der Waals surface area (Å²) in [7, 11) is 1.49. The molecule has 2 N–H and O–H groups in total. The van der Waals surface area contributed by atoms with Crippen LogP contribution in [0.25, 0.3) is 0 Å². The highest BCUT2D eigenvalue weighted by atomic mass is 16.5. The zero-order chi connectivity index (χ0) is 17.8. The van der Waals surface area contributed by atoms with Gasteiger partial charge in [0.2, 0.25) is 0 Å². The van der Waals surface area contributed by atoms with Gasteiger partial charge in [0.25, 0.3) is 5.91 Å². The molecule has 1 aliphatic rings. The average Bonchev–Trinajstić information content (AvgIpc) is 2.83. The van der Waals surface area contributed by atoms with Gasteiger partial charge in [-0.05, 0) is 30.2 Å². The fourth-order valence-electron chi connectivity index (χ4n) is 1.53. The molecule has 0 bridgehead atoms. The van der Waals surface area contributed by atoms with Crippen molar-refractivity contribution < 1.29 is 19.1 Å². The van der Waals surface area contributed by atoms with E-state index in [9.17, 15) is 9.59 Å². The van der Waals surface area contributed by atoms with Gasteiger partial charge in [-0.25, -0.2) is 4.79 Å². The quantitative estimate of drug-likeness (QED) is 0.259. The minimum absolute atomic E-state index is 0.104. The maximum Gasteiger partial charge on any atom is 0.326 e. The van der Waals surface area contributed by atoms with E-state index in [4.69, 9.17) is 15.9 Å². The van der Waals surface area contributed by atoms with Crippen LogP contribution in [-0.2, 0) is 14.3 Å². The van der Waals surface area contributed by atoms with Gasteiger partial charge < -0.3 is 14.8 Å². The molecule has 23 heavy (non-hydrogen) atoms. The van der Waals surface area contributed by atoms with Crippen LogP contribution in [0.2, 0.25) is 0 Å². The normalized spacial score (nSPS) is 15.9. The lowest BCUT2D eigenvalue weighted by atomic mass is 10.1. The van der Waals surface area contributed by atoms with Crippen LogP contribution in [-0.4, -0.2) is 25.7 Å². The number of nitrogens with one attached hydrogen (secondary N) is 2. The molecule has 3 amide bonds. The lowest BCUT2D eigenvalue weighted by Crippen LogP contribution is -2.22. The van der Waals surface area contributed by atoms with Crippen molar-refractivity contribution in [1.29, 1.82) is 0 Å². The number of carbonyl (C=O) groups is 2. The highest BCUT2D eigenvalue weighted by Crippen LogP contribution is 2.15. The number of rotatable bonds is 6. The van der Waals surface area contributed by atoms with Crippen LogP contribution in [0.3, 0.4) is 0 Å². The van der Waals surface area contributed by atoms with Gasteiger partial charge in [-0.3, -0.25) is 10.1 Å². The number of hydrogen-bond acceptors (Lipinski definition) is 4. The van der Waals surface area contributed by atoms with Crippen molar-refractivity contribution in [2.24, 2.45) is 0 Å². The molecule has 0 aromatic heterocycles. The molecule has 0 radical (unpaired) electrons. The first kappa shape index (κ1) is 20.1. The third-order valence-electron chi connectivity index (χ3n) is 2.38. The second-order valence-corrected chi connectivity index (χ2v) is 4.08. The van der Waals surface area contributed by atoms with Gasteiger partial charge >= 0.3 is 6.03 Å². The predicted octanol–water partition coefficient (Wildman–Crippen LogP) is 2.38. The van der Waals surface area contributed by atoms with Crippen molar-refractivity contribution in [3.63, 3.8) is 0 Å². The van der Waals surface area contributed by atoms with Crippen LogP contribution in [0.5, 0.6) is 0 Å². The van der Waals surface area contributed by atoms with Crippen LogP contribution >= 0.6 is 0 Å². The zero-order valence-electron chi connectivity index (χ0n) is 13.9. The smallest absolute Gasteiger partial charge is 0.326 e. The van der Waals surface area contributed by atoms with Crippen molar-refractivity contribution in [3.05, 3.63) is 47.6 Å². The number of urea groups is 1. The van der Waals surface area contributed by atoms with Crippen molar-refractivity contribution in [2.75, 3.05) is 13.7 Å². The van der Waals surface area contributed by atoms with Gasteiger partial charge in [-0.2, -0.15) is 0 Å². The summed E-state index contributed by atoms with van der Waals surface area (Å²) >= 11 is 0. The Morgan fingerprint density at radius 2 is 2.00 bits per heavy atom. The van der Waals surface area contributed by atoms with Crippen molar-refractivity contribution in [3.8, 4) is 12.3 Å². The fraction of sp³-hybridized carbons (Fsp3) is 0.294. The van der Waals surface area contributed by atoms with E-state index in [0.717, 1.165) is 0 Å². The van der Waals surface area contributed by atoms with Gasteiger partial charge in [0.05, 0.1) is 7.11 Å². The molecule has 1 saturated heterocycles. The summed E-state index contributed by atoms with van der Waals surface area (Å²) in [6, 6.07) is -0.558. The van der Waals surface area contributed by atoms with E-state index in [-0.39, 0.29) is 12.3 Å². The first-order valence-corrected chi connectivity index (χ1v) is 6.98. The van der Waals surface area contributed by atoms with E-state index in [2.05, 4.69) is 23.1 Å². The van der Waals surface area contributed by atoms with Gasteiger partial charge in [0.15, 0.2) is 5.76 Å². The van der Waals surface area contributed by atoms with Crippen LogP contribution in [0.15, 0.2) is 47.6 Å². The topological polar surface area (TPSA) is 76.7 Å². The SMILES string of the molecule is C#CCOC(=C\OC)/C(C)=C\C(=C)/C=C1/NC(=O)NC1=O.CC. The van der Waals surface area contributed by atoms with Gasteiger partial charge in [0, 0.05) is 0 Å². The Morgan fingerprint density at radius 1 is 1.35 bits per heavy atom. The lowest BCUT2D eigenvalue weighted by Gasteiger charge is -2.08. The molecule has 0 aliphatic carbocycles. The van der Waals surface area contributed by atoms with Gasteiger partial charge in [-0.15, -0.1) is 6.42 Å². The fourth-order valence-corrected chi connectivity index (χ4v) is 1.53. The van der Waals surface area contributed by atoms with Crippen LogP contribution in [0.1, 0.15) is 20.8 Å². The Bertz CT molecular complexity index is 592. The van der Waals surface area contributed by atoms with Crippen molar-refractivity contribution in [2.45, 2.75) is 20.8 Å².